The summed E-state index contributed by atoms with van der Waals surface area (Å²) in [6.07, 6.45) is 1.87. The van der Waals surface area contributed by atoms with Gasteiger partial charge in [0.25, 0.3) is 0 Å². The highest BCUT2D eigenvalue weighted by Crippen LogP contribution is 2.01. The molecule has 4 nitrogen and oxygen atoms in total. The molecule has 0 amide bonds. The molecule has 0 aromatic rings. The maximum Gasteiger partial charge on any atom is 0.170 e. The maximum absolute atomic E-state index is 4.01. The van der Waals surface area contributed by atoms with Crippen molar-refractivity contribution in [2.24, 2.45) is 15.3 Å². The van der Waals surface area contributed by atoms with Crippen molar-refractivity contribution in [3.8, 4) is 0 Å². The van der Waals surface area contributed by atoms with Gasteiger partial charge >= 0.3 is 0 Å². The molecule has 0 fully saturated rings. The normalized spacial score (nSPS) is 23.8. The number of rotatable bonds is 2. The van der Waals surface area contributed by atoms with Gasteiger partial charge in [-0.1, -0.05) is 13.8 Å². The van der Waals surface area contributed by atoms with E-state index in [1.165, 1.54) is 0 Å². The van der Waals surface area contributed by atoms with Crippen LogP contribution in [0.25, 0.3) is 0 Å². The van der Waals surface area contributed by atoms with Crippen molar-refractivity contribution in [2.75, 3.05) is 0 Å². The Morgan fingerprint density at radius 3 is 2.70 bits per heavy atom. The van der Waals surface area contributed by atoms with Crippen LogP contribution in [0.15, 0.2) is 15.3 Å². The first-order valence-corrected chi connectivity index (χ1v) is 3.59. The first-order chi connectivity index (χ1) is 4.86. The highest BCUT2D eigenvalue weighted by atomic mass is 15.4. The molecule has 1 heterocycles. The molecule has 1 aliphatic heterocycles. The lowest BCUT2D eigenvalue weighted by atomic mass is 10.4. The van der Waals surface area contributed by atoms with Crippen molar-refractivity contribution in [3.05, 3.63) is 0 Å². The molecule has 0 aliphatic carbocycles. The van der Waals surface area contributed by atoms with Crippen molar-refractivity contribution >= 4 is 5.84 Å². The van der Waals surface area contributed by atoms with Crippen molar-refractivity contribution in [1.82, 2.24) is 5.43 Å². The minimum atomic E-state index is 0.0929. The largest absolute Gasteiger partial charge is 0.282 e. The van der Waals surface area contributed by atoms with Crippen LogP contribution in [-0.2, 0) is 0 Å². The van der Waals surface area contributed by atoms with Crippen LogP contribution in [0.3, 0.4) is 0 Å². The van der Waals surface area contributed by atoms with Gasteiger partial charge in [0.1, 0.15) is 0 Å². The summed E-state index contributed by atoms with van der Waals surface area (Å²) in [4.78, 5) is 0. The number of nitrogens with zero attached hydrogens (tertiary/aromatic N) is 3. The number of nitrogens with one attached hydrogen (secondary N) is 1. The molecular formula is C6H12N4. The molecule has 1 unspecified atom stereocenters. The third-order valence-electron chi connectivity index (χ3n) is 1.36. The van der Waals surface area contributed by atoms with Crippen molar-refractivity contribution in [3.63, 3.8) is 0 Å². The summed E-state index contributed by atoms with van der Waals surface area (Å²) >= 11 is 0. The molecule has 10 heavy (non-hydrogen) atoms. The number of amidine groups is 1. The molecule has 0 radical (unpaired) electrons. The summed E-state index contributed by atoms with van der Waals surface area (Å²) in [6.45, 7) is 4.05. The van der Waals surface area contributed by atoms with E-state index in [1.807, 2.05) is 13.8 Å². The molecule has 0 aromatic carbocycles. The van der Waals surface area contributed by atoms with Gasteiger partial charge in [-0.2, -0.15) is 10.2 Å². The Hall–Kier alpha value is -0.930. The molecule has 1 atom stereocenters. The molecule has 0 saturated heterocycles. The molecular weight excluding hydrogens is 128 g/mol. The smallest absolute Gasteiger partial charge is 0.170 e. The number of hydrazone groups is 1. The Balaban J connectivity index is 2.46. The van der Waals surface area contributed by atoms with Gasteiger partial charge in [0.15, 0.2) is 12.0 Å². The lowest BCUT2D eigenvalue weighted by Gasteiger charge is -2.12. The fraction of sp³-hybridized carbons (Fsp3) is 0.833. The Morgan fingerprint density at radius 2 is 2.30 bits per heavy atom. The molecule has 1 aliphatic rings. The SMILES string of the molecule is CCC1=NNC(CC)N=N1. The van der Waals surface area contributed by atoms with Crippen LogP contribution < -0.4 is 5.43 Å². The molecule has 4 heteroatoms. The molecule has 0 spiro atoms. The summed E-state index contributed by atoms with van der Waals surface area (Å²) < 4.78 is 0. The monoisotopic (exact) mass is 140 g/mol. The summed E-state index contributed by atoms with van der Waals surface area (Å²) in [5, 5.41) is 11.9. The van der Waals surface area contributed by atoms with Gasteiger partial charge in [0.2, 0.25) is 0 Å². The summed E-state index contributed by atoms with van der Waals surface area (Å²) in [6, 6.07) is 0. The average Bonchev–Trinajstić information content (AvgIpc) is 2.05. The molecule has 56 valence electrons. The predicted molar refractivity (Wildman–Crippen MR) is 39.8 cm³/mol. The molecule has 1 rings (SSSR count). The summed E-state index contributed by atoms with van der Waals surface area (Å²) in [5.74, 6) is 0.782. The highest BCUT2D eigenvalue weighted by Gasteiger charge is 2.06. The first-order valence-electron chi connectivity index (χ1n) is 3.59. The second kappa shape index (κ2) is 3.29. The fourth-order valence-corrected chi connectivity index (χ4v) is 0.656. The Labute approximate surface area is 60.4 Å². The van der Waals surface area contributed by atoms with Crippen molar-refractivity contribution in [2.45, 2.75) is 32.9 Å². The van der Waals surface area contributed by atoms with E-state index < -0.39 is 0 Å². The Kier molecular flexibility index (Phi) is 2.36. The van der Waals surface area contributed by atoms with E-state index in [2.05, 4.69) is 20.8 Å². The van der Waals surface area contributed by atoms with Gasteiger partial charge in [-0.15, -0.1) is 5.11 Å². The van der Waals surface area contributed by atoms with Crippen LogP contribution >= 0.6 is 0 Å². The van der Waals surface area contributed by atoms with Crippen LogP contribution in [0.4, 0.5) is 0 Å². The van der Waals surface area contributed by atoms with E-state index in [0.717, 1.165) is 18.7 Å². The first kappa shape index (κ1) is 7.18. The van der Waals surface area contributed by atoms with E-state index in [9.17, 15) is 0 Å². The summed E-state index contributed by atoms with van der Waals surface area (Å²) in [7, 11) is 0. The van der Waals surface area contributed by atoms with Gasteiger partial charge in [-0.25, -0.2) is 0 Å². The predicted octanol–water partition coefficient (Wildman–Crippen LogP) is 1.50. The van der Waals surface area contributed by atoms with Gasteiger partial charge in [0.05, 0.1) is 0 Å². The van der Waals surface area contributed by atoms with Gasteiger partial charge in [-0.3, -0.25) is 5.43 Å². The van der Waals surface area contributed by atoms with Gasteiger partial charge < -0.3 is 0 Å². The molecule has 1 N–H and O–H groups in total. The van der Waals surface area contributed by atoms with Crippen LogP contribution in [0.2, 0.25) is 0 Å². The quantitative estimate of drug-likeness (QED) is 0.620. The highest BCUT2D eigenvalue weighted by molar-refractivity contribution is 5.82. The van der Waals surface area contributed by atoms with E-state index in [0.29, 0.717) is 0 Å². The second-order valence-electron chi connectivity index (χ2n) is 2.15. The number of azo groups is 1. The van der Waals surface area contributed by atoms with Crippen molar-refractivity contribution in [1.29, 1.82) is 0 Å². The third-order valence-corrected chi connectivity index (χ3v) is 1.36. The lowest BCUT2D eigenvalue weighted by Crippen LogP contribution is -2.25. The lowest BCUT2D eigenvalue weighted by molar-refractivity contribution is 0.501. The van der Waals surface area contributed by atoms with Crippen LogP contribution in [0.1, 0.15) is 26.7 Å². The number of hydrogen-bond donors (Lipinski definition) is 1. The molecule has 0 saturated carbocycles. The molecule has 0 aromatic heterocycles. The van der Waals surface area contributed by atoms with Crippen LogP contribution in [0, 0.1) is 0 Å². The minimum Gasteiger partial charge on any atom is -0.282 e. The number of hydrogen-bond acceptors (Lipinski definition) is 4. The maximum atomic E-state index is 4.01. The summed E-state index contributed by atoms with van der Waals surface area (Å²) in [5.41, 5.74) is 2.90. The second-order valence-corrected chi connectivity index (χ2v) is 2.15. The van der Waals surface area contributed by atoms with E-state index in [1.54, 1.807) is 0 Å². The van der Waals surface area contributed by atoms with E-state index in [4.69, 9.17) is 0 Å². The third kappa shape index (κ3) is 1.52. The average molecular weight is 140 g/mol. The van der Waals surface area contributed by atoms with Crippen molar-refractivity contribution < 1.29 is 0 Å². The Morgan fingerprint density at radius 1 is 1.50 bits per heavy atom. The zero-order valence-electron chi connectivity index (χ0n) is 6.33. The van der Waals surface area contributed by atoms with Crippen LogP contribution in [0.5, 0.6) is 0 Å². The van der Waals surface area contributed by atoms with E-state index >= 15 is 0 Å². The zero-order valence-corrected chi connectivity index (χ0v) is 6.33. The van der Waals surface area contributed by atoms with Crippen LogP contribution in [-0.4, -0.2) is 12.0 Å². The topological polar surface area (TPSA) is 49.1 Å². The Bertz CT molecular complexity index is 161. The molecule has 0 bridgehead atoms. The van der Waals surface area contributed by atoms with Gasteiger partial charge in [0, 0.05) is 6.42 Å². The standard InChI is InChI=1S/C6H12N4/c1-3-5-7-9-6(4-2)10-8-5/h5,7H,3-4H2,1-2H3. The van der Waals surface area contributed by atoms with Gasteiger partial charge in [-0.05, 0) is 6.42 Å². The minimum absolute atomic E-state index is 0.0929. The fourth-order valence-electron chi connectivity index (χ4n) is 0.656. The van der Waals surface area contributed by atoms with E-state index in [-0.39, 0.29) is 6.17 Å². The zero-order chi connectivity index (χ0) is 7.40.